The number of aryl methyl sites for hydroxylation is 1. The Morgan fingerprint density at radius 3 is 2.39 bits per heavy atom. The summed E-state index contributed by atoms with van der Waals surface area (Å²) in [6.45, 7) is 5.45. The van der Waals surface area contributed by atoms with E-state index in [1.807, 2.05) is 49.4 Å². The second-order valence-corrected chi connectivity index (χ2v) is 10.6. The summed E-state index contributed by atoms with van der Waals surface area (Å²) in [6.07, 6.45) is 14.8. The molecule has 0 bridgehead atoms. The lowest BCUT2D eigenvalue weighted by Gasteiger charge is -2.23. The highest BCUT2D eigenvalue weighted by atomic mass is 35.5. The molecule has 2 rings (SSSR count). The number of aliphatic hydroxyl groups excluding tert-OH is 1. The zero-order chi connectivity index (χ0) is 30.5. The molecule has 0 aliphatic rings. The van der Waals surface area contributed by atoms with Crippen molar-refractivity contribution in [2.24, 2.45) is 0 Å². The maximum atomic E-state index is 13.7. The van der Waals surface area contributed by atoms with E-state index < -0.39 is 17.7 Å². The van der Waals surface area contributed by atoms with Crippen molar-refractivity contribution in [2.75, 3.05) is 13.2 Å². The number of allylic oxidation sites excluding steroid dienone is 6. The van der Waals surface area contributed by atoms with Crippen molar-refractivity contribution in [3.8, 4) is 18.1 Å². The second-order valence-electron chi connectivity index (χ2n) is 8.48. The third-order valence-electron chi connectivity index (χ3n) is 5.47. The van der Waals surface area contributed by atoms with Gasteiger partial charge in [-0.25, -0.2) is 12.9 Å². The van der Waals surface area contributed by atoms with Crippen LogP contribution in [0.25, 0.3) is 0 Å². The minimum atomic E-state index is -1.70. The number of hydrogen-bond donors (Lipinski definition) is 1. The molecule has 1 unspecified atom stereocenters. The van der Waals surface area contributed by atoms with Gasteiger partial charge in [-0.1, -0.05) is 77.8 Å². The zero-order valence-corrected chi connectivity index (χ0v) is 26.1. The van der Waals surface area contributed by atoms with E-state index in [9.17, 15) is 13.7 Å². The molecule has 41 heavy (non-hydrogen) atoms. The van der Waals surface area contributed by atoms with E-state index in [1.54, 1.807) is 36.4 Å². The molecule has 0 aromatic heterocycles. The van der Waals surface area contributed by atoms with E-state index in [1.165, 1.54) is 23.3 Å². The lowest BCUT2D eigenvalue weighted by molar-refractivity contribution is 0.410. The molecule has 0 aliphatic carbocycles. The van der Waals surface area contributed by atoms with Gasteiger partial charge in [-0.15, -0.1) is 12.3 Å². The van der Waals surface area contributed by atoms with Crippen molar-refractivity contribution in [2.45, 2.75) is 46.6 Å². The SMILES string of the molecule is C#CC.C/C=C(\C=C/CF)Oc1cccc(CN(CCCCc2ccccc2)S(=O)C(=C/C)/C(O)=C(Cl)\C=C\Cl)c1. The van der Waals surface area contributed by atoms with Gasteiger partial charge in [0.1, 0.15) is 29.2 Å². The first-order valence-corrected chi connectivity index (χ1v) is 15.0. The van der Waals surface area contributed by atoms with Crippen LogP contribution in [0.5, 0.6) is 5.75 Å². The van der Waals surface area contributed by atoms with Crippen molar-refractivity contribution in [3.63, 3.8) is 0 Å². The van der Waals surface area contributed by atoms with E-state index >= 15 is 0 Å². The van der Waals surface area contributed by atoms with Gasteiger partial charge in [0.25, 0.3) is 0 Å². The van der Waals surface area contributed by atoms with Crippen LogP contribution >= 0.6 is 23.2 Å². The van der Waals surface area contributed by atoms with E-state index in [0.29, 0.717) is 24.6 Å². The van der Waals surface area contributed by atoms with Crippen LogP contribution in [0.2, 0.25) is 0 Å². The van der Waals surface area contributed by atoms with Gasteiger partial charge in [0.2, 0.25) is 0 Å². The predicted octanol–water partition coefficient (Wildman–Crippen LogP) is 9.29. The molecule has 2 aromatic rings. The van der Waals surface area contributed by atoms with Crippen LogP contribution in [0.15, 0.2) is 112 Å². The van der Waals surface area contributed by atoms with Crippen LogP contribution in [-0.4, -0.2) is 26.8 Å². The fourth-order valence-electron chi connectivity index (χ4n) is 3.59. The van der Waals surface area contributed by atoms with E-state index in [-0.39, 0.29) is 15.7 Å². The highest BCUT2D eigenvalue weighted by Gasteiger charge is 2.22. The molecule has 4 nitrogen and oxygen atoms in total. The molecular formula is C33H38Cl2FNO3S. The summed E-state index contributed by atoms with van der Waals surface area (Å²) in [5, 5.41) is 10.6. The van der Waals surface area contributed by atoms with Gasteiger partial charge in [-0.05, 0) is 81.5 Å². The molecule has 0 saturated carbocycles. The van der Waals surface area contributed by atoms with Crippen molar-refractivity contribution in [1.82, 2.24) is 4.31 Å². The lowest BCUT2D eigenvalue weighted by atomic mass is 10.1. The van der Waals surface area contributed by atoms with Gasteiger partial charge >= 0.3 is 0 Å². The first-order chi connectivity index (χ1) is 19.8. The molecule has 0 spiro atoms. The molecule has 0 radical (unpaired) electrons. The van der Waals surface area contributed by atoms with Gasteiger partial charge < -0.3 is 9.84 Å². The molecule has 0 heterocycles. The fourth-order valence-corrected chi connectivity index (χ4v) is 5.32. The number of benzene rings is 2. The molecular weight excluding hydrogens is 580 g/mol. The number of aliphatic hydroxyl groups is 1. The van der Waals surface area contributed by atoms with E-state index in [2.05, 4.69) is 24.5 Å². The van der Waals surface area contributed by atoms with Crippen molar-refractivity contribution < 1.29 is 18.4 Å². The largest absolute Gasteiger partial charge is 0.505 e. The monoisotopic (exact) mass is 617 g/mol. The molecule has 220 valence electrons. The first kappa shape index (κ1) is 35.9. The molecule has 1 N–H and O–H groups in total. The Kier molecular flexibility index (Phi) is 19.0. The minimum Gasteiger partial charge on any atom is -0.505 e. The molecule has 0 saturated heterocycles. The van der Waals surface area contributed by atoms with Crippen LogP contribution < -0.4 is 4.74 Å². The van der Waals surface area contributed by atoms with Gasteiger partial charge in [-0.3, -0.25) is 0 Å². The molecule has 0 amide bonds. The Labute approximate surface area is 257 Å². The van der Waals surface area contributed by atoms with Crippen molar-refractivity contribution in [1.29, 1.82) is 0 Å². The Bertz CT molecular complexity index is 1280. The van der Waals surface area contributed by atoms with Crippen LogP contribution in [-0.2, 0) is 24.0 Å². The van der Waals surface area contributed by atoms with Gasteiger partial charge in [-0.2, -0.15) is 0 Å². The van der Waals surface area contributed by atoms with Crippen LogP contribution in [0.3, 0.4) is 0 Å². The number of rotatable bonds is 15. The summed E-state index contributed by atoms with van der Waals surface area (Å²) >= 11 is 11.7. The number of halogens is 3. The Morgan fingerprint density at radius 1 is 1.10 bits per heavy atom. The average molecular weight is 619 g/mol. The van der Waals surface area contributed by atoms with Gasteiger partial charge in [0, 0.05) is 18.6 Å². The molecule has 2 aromatic carbocycles. The maximum absolute atomic E-state index is 13.7. The Morgan fingerprint density at radius 2 is 1.78 bits per heavy atom. The normalized spacial score (nSPS) is 13.5. The third-order valence-corrected chi connectivity index (χ3v) is 7.49. The van der Waals surface area contributed by atoms with Crippen LogP contribution in [0.4, 0.5) is 4.39 Å². The standard InChI is InChI=1S/C30H34Cl2FNO3S.C3H4/c1-3-26(17-11-20-33)37-27-16-10-15-25(22-27)23-34(21-9-8-14-24-12-6-5-7-13-24)38(36)29(4-2)30(35)28(32)18-19-31;1-3-2/h3-7,10-13,15-19,22,35H,8-9,14,20-21,23H2,1-2H3;1H,2H3/b17-11-,19-18+,26-3+,29-4+,30-28-;. The summed E-state index contributed by atoms with van der Waals surface area (Å²) in [6, 6.07) is 17.6. The fraction of sp³-hybridized carbons (Fsp3) is 0.273. The molecule has 1 atom stereocenters. The Hall–Kier alpha value is -3.08. The van der Waals surface area contributed by atoms with Crippen LogP contribution in [0, 0.1) is 12.3 Å². The molecule has 0 fully saturated rings. The highest BCUT2D eigenvalue weighted by Crippen LogP contribution is 2.25. The van der Waals surface area contributed by atoms with E-state index in [4.69, 9.17) is 27.9 Å². The number of terminal acetylenes is 1. The Balaban J connectivity index is 0.00000268. The number of ether oxygens (including phenoxy) is 1. The second kappa shape index (κ2) is 21.6. The summed E-state index contributed by atoms with van der Waals surface area (Å²) in [7, 11) is -1.70. The maximum Gasteiger partial charge on any atom is 0.151 e. The quantitative estimate of drug-likeness (QED) is 0.0937. The summed E-state index contributed by atoms with van der Waals surface area (Å²) in [4.78, 5) is 0.202. The average Bonchev–Trinajstić information content (AvgIpc) is 2.98. The highest BCUT2D eigenvalue weighted by molar-refractivity contribution is 7.86. The minimum absolute atomic E-state index is 0.00101. The topological polar surface area (TPSA) is 49.8 Å². The van der Waals surface area contributed by atoms with Gasteiger partial charge in [0.05, 0.1) is 9.94 Å². The summed E-state index contributed by atoms with van der Waals surface area (Å²) < 4.78 is 33.9. The zero-order valence-electron chi connectivity index (χ0n) is 23.7. The number of alkyl halides is 1. The predicted molar refractivity (Wildman–Crippen MR) is 173 cm³/mol. The van der Waals surface area contributed by atoms with Gasteiger partial charge in [0.15, 0.2) is 5.76 Å². The summed E-state index contributed by atoms with van der Waals surface area (Å²) in [5.41, 5.74) is 3.30. The summed E-state index contributed by atoms with van der Waals surface area (Å²) in [5.74, 6) is 3.07. The first-order valence-electron chi connectivity index (χ1n) is 13.1. The smallest absolute Gasteiger partial charge is 0.151 e. The van der Waals surface area contributed by atoms with Crippen molar-refractivity contribution >= 4 is 34.2 Å². The third kappa shape index (κ3) is 13.9. The molecule has 0 aliphatic heterocycles. The number of hydrogen-bond acceptors (Lipinski definition) is 3. The lowest BCUT2D eigenvalue weighted by Crippen LogP contribution is -2.28. The number of nitrogens with zero attached hydrogens (tertiary/aromatic N) is 1. The van der Waals surface area contributed by atoms with Crippen molar-refractivity contribution in [3.05, 3.63) is 123 Å². The number of unbranched alkanes of at least 4 members (excludes halogenated alkanes) is 1. The molecule has 8 heteroatoms. The van der Waals surface area contributed by atoms with Crippen LogP contribution in [0.1, 0.15) is 44.7 Å². The van der Waals surface area contributed by atoms with E-state index in [0.717, 1.165) is 24.8 Å².